The van der Waals surface area contributed by atoms with Gasteiger partial charge in [0.05, 0.1) is 22.1 Å². The van der Waals surface area contributed by atoms with Crippen LogP contribution in [0.5, 0.6) is 0 Å². The molecule has 0 aliphatic carbocycles. The summed E-state index contributed by atoms with van der Waals surface area (Å²) in [6.07, 6.45) is 5.02. The second-order valence-electron chi connectivity index (χ2n) is 5.73. The quantitative estimate of drug-likeness (QED) is 0.737. The highest BCUT2D eigenvalue weighted by molar-refractivity contribution is 7.16. The molecule has 1 aliphatic rings. The molecule has 0 radical (unpaired) electrons. The second kappa shape index (κ2) is 5.61. The van der Waals surface area contributed by atoms with Gasteiger partial charge in [-0.3, -0.25) is 4.90 Å². The smallest absolute Gasteiger partial charge is 0.122 e. The molecule has 0 N–H and O–H groups in total. The van der Waals surface area contributed by atoms with Gasteiger partial charge >= 0.3 is 0 Å². The van der Waals surface area contributed by atoms with Gasteiger partial charge in [-0.05, 0) is 25.0 Å². The zero-order chi connectivity index (χ0) is 15.1. The second-order valence-corrected chi connectivity index (χ2v) is 7.92. The van der Waals surface area contributed by atoms with E-state index in [9.17, 15) is 0 Å². The Kier molecular flexibility index (Phi) is 3.60. The largest absolute Gasteiger partial charge is 0.337 e. The van der Waals surface area contributed by atoms with Crippen LogP contribution in [0.4, 0.5) is 0 Å². The van der Waals surface area contributed by atoms with Crippen molar-refractivity contribution in [3.8, 4) is 10.6 Å². The Morgan fingerprint density at radius 3 is 3.00 bits per heavy atom. The van der Waals surface area contributed by atoms with Crippen LogP contribution in [-0.2, 0) is 26.6 Å². The van der Waals surface area contributed by atoms with Gasteiger partial charge in [-0.25, -0.2) is 9.97 Å². The molecule has 0 amide bonds. The molecule has 0 saturated heterocycles. The van der Waals surface area contributed by atoms with Crippen LogP contribution in [0, 0.1) is 6.92 Å². The maximum atomic E-state index is 4.62. The van der Waals surface area contributed by atoms with Crippen LogP contribution in [-0.4, -0.2) is 26.0 Å². The van der Waals surface area contributed by atoms with Crippen molar-refractivity contribution < 1.29 is 0 Å². The number of thiophene rings is 1. The molecule has 22 heavy (non-hydrogen) atoms. The van der Waals surface area contributed by atoms with Crippen LogP contribution in [0.3, 0.4) is 0 Å². The summed E-state index contributed by atoms with van der Waals surface area (Å²) in [5.41, 5.74) is 2.60. The number of nitrogens with zero attached hydrogens (tertiary/aromatic N) is 4. The molecular formula is C16H18N4S2. The average molecular weight is 330 g/mol. The summed E-state index contributed by atoms with van der Waals surface area (Å²) in [5.74, 6) is 1.13. The number of aromatic nitrogens is 3. The maximum absolute atomic E-state index is 4.62. The first-order valence-corrected chi connectivity index (χ1v) is 9.11. The van der Waals surface area contributed by atoms with E-state index >= 15 is 0 Å². The molecular weight excluding hydrogens is 312 g/mol. The van der Waals surface area contributed by atoms with Crippen molar-refractivity contribution in [2.45, 2.75) is 26.4 Å². The summed E-state index contributed by atoms with van der Waals surface area (Å²) in [4.78, 5) is 14.4. The van der Waals surface area contributed by atoms with Crippen LogP contribution in [0.25, 0.3) is 10.6 Å². The zero-order valence-corrected chi connectivity index (χ0v) is 14.4. The van der Waals surface area contributed by atoms with Crippen LogP contribution in [0.2, 0.25) is 0 Å². The van der Waals surface area contributed by atoms with Gasteiger partial charge in [-0.1, -0.05) is 0 Å². The standard InChI is InChI=1S/C16H18N4S2/c1-11-18-13(10-21-11)15-7-12-8-20(5-3-14(12)22-15)9-16-17-4-6-19(16)2/h4,6-7,10H,3,5,8-9H2,1-2H3. The highest BCUT2D eigenvalue weighted by Gasteiger charge is 2.21. The predicted molar refractivity (Wildman–Crippen MR) is 91.2 cm³/mol. The molecule has 4 heterocycles. The molecule has 1 aliphatic heterocycles. The molecule has 0 unspecified atom stereocenters. The number of rotatable bonds is 3. The van der Waals surface area contributed by atoms with E-state index in [1.54, 1.807) is 11.3 Å². The van der Waals surface area contributed by atoms with Crippen molar-refractivity contribution in [2.75, 3.05) is 6.54 Å². The zero-order valence-electron chi connectivity index (χ0n) is 12.7. The minimum atomic E-state index is 0.921. The van der Waals surface area contributed by atoms with E-state index in [4.69, 9.17) is 0 Å². The van der Waals surface area contributed by atoms with Crippen molar-refractivity contribution in [3.63, 3.8) is 0 Å². The fraction of sp³-hybridized carbons (Fsp3) is 0.375. The third kappa shape index (κ3) is 2.62. The van der Waals surface area contributed by atoms with Gasteiger partial charge < -0.3 is 4.57 Å². The molecule has 0 saturated carbocycles. The Hall–Kier alpha value is -1.50. The van der Waals surface area contributed by atoms with Gasteiger partial charge in [0.25, 0.3) is 0 Å². The number of hydrogen-bond acceptors (Lipinski definition) is 5. The minimum Gasteiger partial charge on any atom is -0.337 e. The molecule has 4 rings (SSSR count). The van der Waals surface area contributed by atoms with E-state index < -0.39 is 0 Å². The predicted octanol–water partition coefficient (Wildman–Crippen LogP) is 3.47. The Bertz CT molecular complexity index is 799. The lowest BCUT2D eigenvalue weighted by atomic mass is 10.1. The van der Waals surface area contributed by atoms with Gasteiger partial charge in [-0.2, -0.15) is 0 Å². The van der Waals surface area contributed by atoms with Gasteiger partial charge in [0.2, 0.25) is 0 Å². The lowest BCUT2D eigenvalue weighted by molar-refractivity contribution is 0.239. The van der Waals surface area contributed by atoms with E-state index in [-0.39, 0.29) is 0 Å². The highest BCUT2D eigenvalue weighted by atomic mass is 32.1. The molecule has 114 valence electrons. The fourth-order valence-corrected chi connectivity index (χ4v) is 4.69. The van der Waals surface area contributed by atoms with Crippen LogP contribution in [0.15, 0.2) is 23.8 Å². The molecule has 0 fully saturated rings. The third-order valence-electron chi connectivity index (χ3n) is 4.10. The lowest BCUT2D eigenvalue weighted by Gasteiger charge is -2.26. The molecule has 0 atom stereocenters. The number of aryl methyl sites for hydroxylation is 2. The molecule has 0 bridgehead atoms. The number of hydrogen-bond donors (Lipinski definition) is 0. The first kappa shape index (κ1) is 14.1. The minimum absolute atomic E-state index is 0.921. The summed E-state index contributed by atoms with van der Waals surface area (Å²) in [7, 11) is 2.06. The molecule has 4 nitrogen and oxygen atoms in total. The van der Waals surface area contributed by atoms with Crippen molar-refractivity contribution in [1.29, 1.82) is 0 Å². The van der Waals surface area contributed by atoms with Crippen LogP contribution < -0.4 is 0 Å². The summed E-state index contributed by atoms with van der Waals surface area (Å²) in [5, 5.41) is 3.30. The molecule has 0 aromatic carbocycles. The topological polar surface area (TPSA) is 34.0 Å². The van der Waals surface area contributed by atoms with Crippen molar-refractivity contribution in [1.82, 2.24) is 19.4 Å². The fourth-order valence-electron chi connectivity index (χ4n) is 2.88. The van der Waals surface area contributed by atoms with Crippen LogP contribution >= 0.6 is 22.7 Å². The Balaban J connectivity index is 1.54. The van der Waals surface area contributed by atoms with Gasteiger partial charge in [0, 0.05) is 42.8 Å². The summed E-state index contributed by atoms with van der Waals surface area (Å²) in [6, 6.07) is 2.33. The molecule has 6 heteroatoms. The van der Waals surface area contributed by atoms with E-state index in [1.807, 2.05) is 23.7 Å². The SMILES string of the molecule is Cc1nc(-c2cc3c(s2)CCN(Cc2nccn2C)C3)cs1. The maximum Gasteiger partial charge on any atom is 0.122 e. The van der Waals surface area contributed by atoms with Crippen molar-refractivity contribution in [3.05, 3.63) is 45.1 Å². The third-order valence-corrected chi connectivity index (χ3v) is 6.14. The first-order valence-electron chi connectivity index (χ1n) is 7.41. The number of fused-ring (bicyclic) bond motifs is 1. The summed E-state index contributed by atoms with van der Waals surface area (Å²) < 4.78 is 2.10. The van der Waals surface area contributed by atoms with Crippen LogP contribution in [0.1, 0.15) is 21.3 Å². The van der Waals surface area contributed by atoms with Crippen molar-refractivity contribution in [2.24, 2.45) is 7.05 Å². The van der Waals surface area contributed by atoms with E-state index in [2.05, 4.69) is 44.9 Å². The average Bonchev–Trinajstić information content (AvgIpc) is 3.19. The Morgan fingerprint density at radius 2 is 2.27 bits per heavy atom. The molecule has 3 aromatic heterocycles. The molecule has 0 spiro atoms. The van der Waals surface area contributed by atoms with Gasteiger partial charge in [0.15, 0.2) is 0 Å². The molecule has 3 aromatic rings. The Morgan fingerprint density at radius 1 is 1.36 bits per heavy atom. The van der Waals surface area contributed by atoms with E-state index in [1.165, 1.54) is 15.3 Å². The summed E-state index contributed by atoms with van der Waals surface area (Å²) >= 11 is 3.64. The number of thiazole rings is 1. The summed E-state index contributed by atoms with van der Waals surface area (Å²) in [6.45, 7) is 5.11. The van der Waals surface area contributed by atoms with Gasteiger partial charge in [-0.15, -0.1) is 22.7 Å². The van der Waals surface area contributed by atoms with Crippen molar-refractivity contribution >= 4 is 22.7 Å². The normalized spacial score (nSPS) is 15.2. The highest BCUT2D eigenvalue weighted by Crippen LogP contribution is 2.35. The first-order chi connectivity index (χ1) is 10.7. The lowest BCUT2D eigenvalue weighted by Crippen LogP contribution is -2.30. The monoisotopic (exact) mass is 330 g/mol. The van der Waals surface area contributed by atoms with E-state index in [0.717, 1.165) is 42.6 Å². The Labute approximate surface area is 138 Å². The van der Waals surface area contributed by atoms with E-state index in [0.29, 0.717) is 0 Å². The number of imidazole rings is 1. The van der Waals surface area contributed by atoms with Gasteiger partial charge in [0.1, 0.15) is 5.82 Å².